The second-order valence-corrected chi connectivity index (χ2v) is 23.3. The number of carbonyl (C=O) groups is 9. The van der Waals surface area contributed by atoms with Crippen LogP contribution in [0.2, 0.25) is 0 Å². The number of carbonyl (C=O) groups excluding carboxylic acids is 9. The van der Waals surface area contributed by atoms with Gasteiger partial charge < -0.3 is 122 Å². The minimum atomic E-state index is -1.44. The molecule has 3 rings (SSSR count). The lowest BCUT2D eigenvalue weighted by molar-refractivity contribution is -0.270. The zero-order chi connectivity index (χ0) is 68.8. The summed E-state index contributed by atoms with van der Waals surface area (Å²) in [5.74, 6) is -3.50. The molecule has 0 aliphatic carbocycles. The number of aliphatic hydroxyl groups is 9. The zero-order valence-corrected chi connectivity index (χ0v) is 54.0. The molecular formula is C59H106N10O24. The van der Waals surface area contributed by atoms with E-state index in [0.29, 0.717) is 77.0 Å². The maximum Gasteiger partial charge on any atom is 0.237 e. The van der Waals surface area contributed by atoms with E-state index >= 15 is 0 Å². The standard InChI is InChI=1S/C59H106N10O24/c1-5-38(56(87)65-26-17-23-62-44(78)20-11-8-14-29-90-59-49(68-37(4)75)55(86)52(83)41(34-72)93-59)69(30-45(79)63-24-15-21-60-42(76)18-9-6-12-27-88-57-47(66-35(2)73)53(84)50(81)39(32-70)91-57)31-46(80)64-25-16-22-61-43(77)19-10-7-13-28-89-58-48(67-36(3)74)54(85)51(82)40(33-71)92-58/h38-41,47-55,57-59,70-72,81-86H,5-34H2,1-4H3,(H,60,76)(H,61,77)(H,62,78)(H,63,79)(H,64,80)(H,65,87)(H,66,73)(H,67,74)(H,68,75)/t38?,39?,40?,41?,47?,48?,49?,50?,51?,52?,53?,54?,55-,57?,58?,59?/m1/s1. The van der Waals surface area contributed by atoms with Gasteiger partial charge in [0.2, 0.25) is 53.2 Å². The van der Waals surface area contributed by atoms with Gasteiger partial charge in [-0.05, 0) is 64.2 Å². The van der Waals surface area contributed by atoms with Crippen LogP contribution in [0.15, 0.2) is 0 Å². The first-order valence-corrected chi connectivity index (χ1v) is 32.3. The van der Waals surface area contributed by atoms with Crippen molar-refractivity contribution in [3.05, 3.63) is 0 Å². The van der Waals surface area contributed by atoms with Crippen LogP contribution < -0.4 is 47.9 Å². The Hall–Kier alpha value is -5.41. The Labute approximate surface area is 542 Å². The van der Waals surface area contributed by atoms with Crippen molar-refractivity contribution in [3.63, 3.8) is 0 Å². The minimum absolute atomic E-state index is 0.144. The molecule has 3 fully saturated rings. The zero-order valence-electron chi connectivity index (χ0n) is 54.0. The van der Waals surface area contributed by atoms with Gasteiger partial charge in [0.25, 0.3) is 0 Å². The maximum atomic E-state index is 13.7. The molecule has 0 aromatic heterocycles. The molecule has 536 valence electrons. The predicted molar refractivity (Wildman–Crippen MR) is 327 cm³/mol. The Morgan fingerprint density at radius 2 is 0.667 bits per heavy atom. The lowest BCUT2D eigenvalue weighted by Gasteiger charge is -2.42. The summed E-state index contributed by atoms with van der Waals surface area (Å²) in [6.45, 7) is 4.69. The molecule has 3 aliphatic heterocycles. The van der Waals surface area contributed by atoms with Gasteiger partial charge in [-0.1, -0.05) is 26.2 Å². The summed E-state index contributed by atoms with van der Waals surface area (Å²) in [6, 6.07) is -4.11. The number of ether oxygens (including phenoxy) is 6. The maximum absolute atomic E-state index is 13.7. The molecular weight excluding hydrogens is 1230 g/mol. The molecule has 9 amide bonds. The molecule has 3 heterocycles. The molecule has 0 bridgehead atoms. The number of aliphatic hydroxyl groups excluding tert-OH is 9. The second kappa shape index (κ2) is 45.9. The van der Waals surface area contributed by atoms with Crippen molar-refractivity contribution in [1.82, 2.24) is 52.8 Å². The molecule has 3 aliphatic rings. The van der Waals surface area contributed by atoms with Gasteiger partial charge in [-0.15, -0.1) is 0 Å². The van der Waals surface area contributed by atoms with E-state index < -0.39 is 153 Å². The monoisotopic (exact) mass is 1340 g/mol. The lowest BCUT2D eigenvalue weighted by Crippen LogP contribution is -2.64. The van der Waals surface area contributed by atoms with Crippen molar-refractivity contribution >= 4 is 53.2 Å². The fourth-order valence-electron chi connectivity index (χ4n) is 10.5. The lowest BCUT2D eigenvalue weighted by atomic mass is 9.97. The Balaban J connectivity index is 1.42. The van der Waals surface area contributed by atoms with E-state index in [0.717, 1.165) is 0 Å². The molecule has 34 nitrogen and oxygen atoms in total. The first kappa shape index (κ1) is 81.8. The Morgan fingerprint density at radius 1 is 0.387 bits per heavy atom. The van der Waals surface area contributed by atoms with Crippen LogP contribution in [0, 0.1) is 0 Å². The molecule has 0 saturated carbocycles. The third kappa shape index (κ3) is 30.9. The van der Waals surface area contributed by atoms with E-state index in [4.69, 9.17) is 28.4 Å². The number of hydrogen-bond acceptors (Lipinski definition) is 25. The molecule has 34 heteroatoms. The summed E-state index contributed by atoms with van der Waals surface area (Å²) >= 11 is 0. The van der Waals surface area contributed by atoms with Crippen molar-refractivity contribution < 1.29 is 118 Å². The van der Waals surface area contributed by atoms with Crippen molar-refractivity contribution in [1.29, 1.82) is 0 Å². The van der Waals surface area contributed by atoms with Crippen molar-refractivity contribution in [2.75, 3.05) is 92.0 Å². The quantitative estimate of drug-likeness (QED) is 0.0252. The van der Waals surface area contributed by atoms with Crippen LogP contribution in [-0.4, -0.2) is 294 Å². The second-order valence-electron chi connectivity index (χ2n) is 23.3. The van der Waals surface area contributed by atoms with E-state index in [1.807, 2.05) is 0 Å². The van der Waals surface area contributed by atoms with E-state index in [1.165, 1.54) is 25.7 Å². The number of hydrogen-bond donors (Lipinski definition) is 18. The van der Waals surface area contributed by atoms with Gasteiger partial charge in [0, 0.05) is 99.1 Å². The van der Waals surface area contributed by atoms with E-state index in [1.54, 1.807) is 6.92 Å². The fourth-order valence-corrected chi connectivity index (χ4v) is 10.5. The van der Waals surface area contributed by atoms with Crippen LogP contribution in [0.25, 0.3) is 0 Å². The number of amides is 9. The van der Waals surface area contributed by atoms with Crippen molar-refractivity contribution in [2.24, 2.45) is 0 Å². The third-order valence-electron chi connectivity index (χ3n) is 15.5. The van der Waals surface area contributed by atoms with Crippen LogP contribution >= 0.6 is 0 Å². The Morgan fingerprint density at radius 3 is 0.935 bits per heavy atom. The average Bonchev–Trinajstić information content (AvgIpc) is 0.865. The smallest absolute Gasteiger partial charge is 0.237 e. The van der Waals surface area contributed by atoms with Gasteiger partial charge in [0.05, 0.1) is 39.0 Å². The molecule has 15 unspecified atom stereocenters. The predicted octanol–water partition coefficient (Wildman–Crippen LogP) is -6.50. The molecule has 93 heavy (non-hydrogen) atoms. The van der Waals surface area contributed by atoms with Gasteiger partial charge in [0.15, 0.2) is 18.9 Å². The van der Waals surface area contributed by atoms with Crippen molar-refractivity contribution in [2.45, 2.75) is 228 Å². The molecule has 0 spiro atoms. The number of nitrogens with zero attached hydrogens (tertiary/aromatic N) is 1. The van der Waals surface area contributed by atoms with Gasteiger partial charge in [-0.3, -0.25) is 48.1 Å². The molecule has 0 aromatic carbocycles. The van der Waals surface area contributed by atoms with Crippen LogP contribution in [0.5, 0.6) is 0 Å². The van der Waals surface area contributed by atoms with Crippen LogP contribution in [0.4, 0.5) is 0 Å². The van der Waals surface area contributed by atoms with E-state index in [2.05, 4.69) is 47.9 Å². The largest absolute Gasteiger partial charge is 0.394 e. The molecule has 0 aromatic rings. The third-order valence-corrected chi connectivity index (χ3v) is 15.5. The minimum Gasteiger partial charge on any atom is -0.394 e. The molecule has 16 atom stereocenters. The SMILES string of the molecule is CCC(C(=O)NCCCNC(=O)CCCCCOC1OC(CO)C(O)[C@H](O)C1NC(C)=O)N(CC(=O)NCCCNC(=O)CCCCCOC1OC(CO)C(O)C(O)C1NC(C)=O)CC(=O)NCCCNC(=O)CCCCCOC1OC(CO)C(O)C(O)C1NC(C)=O. The van der Waals surface area contributed by atoms with Crippen LogP contribution in [-0.2, 0) is 71.6 Å². The first-order valence-electron chi connectivity index (χ1n) is 32.3. The summed E-state index contributed by atoms with van der Waals surface area (Å²) in [5, 5.41) is 115. The Bertz CT molecular complexity index is 2150. The van der Waals surface area contributed by atoms with Gasteiger partial charge in [-0.2, -0.15) is 0 Å². The summed E-state index contributed by atoms with van der Waals surface area (Å²) in [7, 11) is 0. The van der Waals surface area contributed by atoms with Crippen LogP contribution in [0.3, 0.4) is 0 Å². The number of nitrogens with one attached hydrogen (secondary N) is 9. The summed E-state index contributed by atoms with van der Waals surface area (Å²) in [5.41, 5.74) is 0. The van der Waals surface area contributed by atoms with Gasteiger partial charge in [0.1, 0.15) is 73.1 Å². The number of unbranched alkanes of at least 4 members (excludes halogenated alkanes) is 6. The first-order chi connectivity index (χ1) is 44.5. The highest BCUT2D eigenvalue weighted by atomic mass is 16.7. The van der Waals surface area contributed by atoms with Crippen LogP contribution in [0.1, 0.15) is 130 Å². The summed E-state index contributed by atoms with van der Waals surface area (Å²) in [6.07, 6.45) is -8.62. The van der Waals surface area contributed by atoms with E-state index in [-0.39, 0.29) is 116 Å². The highest BCUT2D eigenvalue weighted by Crippen LogP contribution is 2.26. The normalized spacial score (nSPS) is 26.5. The van der Waals surface area contributed by atoms with Gasteiger partial charge >= 0.3 is 0 Å². The van der Waals surface area contributed by atoms with Gasteiger partial charge in [-0.25, -0.2) is 0 Å². The molecule has 18 N–H and O–H groups in total. The molecule has 3 saturated heterocycles. The molecule has 0 radical (unpaired) electrons. The number of rotatable bonds is 46. The average molecular weight is 1340 g/mol. The highest BCUT2D eigenvalue weighted by molar-refractivity contribution is 5.86. The topological polar surface area (TPSA) is 503 Å². The highest BCUT2D eigenvalue weighted by Gasteiger charge is 2.48. The summed E-state index contributed by atoms with van der Waals surface area (Å²) < 4.78 is 33.8. The summed E-state index contributed by atoms with van der Waals surface area (Å²) in [4.78, 5) is 115. The van der Waals surface area contributed by atoms with E-state index in [9.17, 15) is 89.1 Å². The Kier molecular flexibility index (Phi) is 40.4. The fraction of sp³-hybridized carbons (Fsp3) is 0.847. The van der Waals surface area contributed by atoms with Crippen molar-refractivity contribution in [3.8, 4) is 0 Å².